The molecule has 0 unspecified atom stereocenters. The molecule has 5 rings (SSSR count). The van der Waals surface area contributed by atoms with Crippen molar-refractivity contribution >= 4 is 11.6 Å². The Bertz CT molecular complexity index is 1280. The number of hydrogen-bond acceptors (Lipinski definition) is 8. The Morgan fingerprint density at radius 2 is 1.97 bits per heavy atom. The summed E-state index contributed by atoms with van der Waals surface area (Å²) in [5.41, 5.74) is 4.59. The minimum absolute atomic E-state index is 0.0676. The number of anilines is 2. The first kappa shape index (κ1) is 20.6. The number of pyridine rings is 1. The van der Waals surface area contributed by atoms with Crippen LogP contribution in [0.4, 0.5) is 11.6 Å². The van der Waals surface area contributed by atoms with E-state index < -0.39 is 0 Å². The molecule has 1 aliphatic rings. The molecule has 164 valence electrons. The summed E-state index contributed by atoms with van der Waals surface area (Å²) in [7, 11) is 0. The first-order valence-corrected chi connectivity index (χ1v) is 10.6. The van der Waals surface area contributed by atoms with Crippen molar-refractivity contribution in [3.63, 3.8) is 0 Å². The summed E-state index contributed by atoms with van der Waals surface area (Å²) in [6, 6.07) is 11.5. The average molecular weight is 439 g/mol. The number of aromatic nitrogens is 5. The SMILES string of the molecule is N#Cc1cc(-c2ccnc(Nc3cncc(-c4cn[nH]c4)c3)n2)ccc1OC1CCOCC1. The van der Waals surface area contributed by atoms with Crippen molar-refractivity contribution in [2.75, 3.05) is 18.5 Å². The molecule has 0 aliphatic carbocycles. The Kier molecular flexibility index (Phi) is 5.91. The van der Waals surface area contributed by atoms with Gasteiger partial charge in [0.15, 0.2) is 0 Å². The molecular formula is C24H21N7O2. The molecule has 0 spiro atoms. The molecule has 1 saturated heterocycles. The fourth-order valence-corrected chi connectivity index (χ4v) is 3.64. The van der Waals surface area contributed by atoms with Crippen molar-refractivity contribution in [3.8, 4) is 34.2 Å². The standard InChI is InChI=1S/C24H21N7O2/c25-11-17-9-16(1-2-23(17)33-21-4-7-32-8-5-21)22-3-6-27-24(31-22)30-20-10-18(12-26-15-20)19-13-28-29-14-19/h1-3,6,9-10,12-15,21H,4-5,7-8H2,(H,28,29)(H,27,30,31). The van der Waals surface area contributed by atoms with E-state index in [9.17, 15) is 5.26 Å². The zero-order valence-corrected chi connectivity index (χ0v) is 17.7. The lowest BCUT2D eigenvalue weighted by Gasteiger charge is -2.23. The lowest BCUT2D eigenvalue weighted by molar-refractivity contribution is 0.0254. The molecule has 1 aliphatic heterocycles. The van der Waals surface area contributed by atoms with E-state index in [0.717, 1.165) is 35.2 Å². The molecule has 9 heteroatoms. The van der Waals surface area contributed by atoms with Crippen molar-refractivity contribution in [1.82, 2.24) is 25.1 Å². The number of nitriles is 1. The van der Waals surface area contributed by atoms with E-state index >= 15 is 0 Å². The molecule has 1 fully saturated rings. The van der Waals surface area contributed by atoms with Gasteiger partial charge in [0.25, 0.3) is 0 Å². The third kappa shape index (κ3) is 4.81. The molecular weight excluding hydrogens is 418 g/mol. The van der Waals surface area contributed by atoms with E-state index in [4.69, 9.17) is 9.47 Å². The minimum Gasteiger partial charge on any atom is -0.489 e. The number of ether oxygens (including phenoxy) is 2. The molecule has 9 nitrogen and oxygen atoms in total. The van der Waals surface area contributed by atoms with Crippen LogP contribution in [0.2, 0.25) is 0 Å². The number of aromatic amines is 1. The molecule has 2 N–H and O–H groups in total. The summed E-state index contributed by atoms with van der Waals surface area (Å²) in [4.78, 5) is 13.2. The summed E-state index contributed by atoms with van der Waals surface area (Å²) in [5.74, 6) is 1.02. The van der Waals surface area contributed by atoms with Gasteiger partial charge in [-0.1, -0.05) is 0 Å². The summed E-state index contributed by atoms with van der Waals surface area (Å²) in [5, 5.41) is 19.6. The number of rotatable bonds is 6. The first-order valence-electron chi connectivity index (χ1n) is 10.6. The van der Waals surface area contributed by atoms with E-state index in [-0.39, 0.29) is 6.10 Å². The van der Waals surface area contributed by atoms with Crippen LogP contribution < -0.4 is 10.1 Å². The Morgan fingerprint density at radius 3 is 2.79 bits per heavy atom. The third-order valence-electron chi connectivity index (χ3n) is 5.34. The predicted molar refractivity (Wildman–Crippen MR) is 122 cm³/mol. The van der Waals surface area contributed by atoms with Crippen molar-refractivity contribution in [2.24, 2.45) is 0 Å². The third-order valence-corrected chi connectivity index (χ3v) is 5.34. The maximum Gasteiger partial charge on any atom is 0.227 e. The second kappa shape index (κ2) is 9.46. The van der Waals surface area contributed by atoms with E-state index in [0.29, 0.717) is 36.2 Å². The van der Waals surface area contributed by atoms with Gasteiger partial charge in [-0.25, -0.2) is 9.97 Å². The average Bonchev–Trinajstić information content (AvgIpc) is 3.41. The number of H-pyrrole nitrogens is 1. The van der Waals surface area contributed by atoms with Crippen LogP contribution in [0.1, 0.15) is 18.4 Å². The molecule has 4 heterocycles. The Morgan fingerprint density at radius 1 is 1.06 bits per heavy atom. The first-order chi connectivity index (χ1) is 16.3. The Balaban J connectivity index is 1.36. The number of hydrogen-bond donors (Lipinski definition) is 2. The monoisotopic (exact) mass is 439 g/mol. The van der Waals surface area contributed by atoms with Crippen LogP contribution >= 0.6 is 0 Å². The second-order valence-electron chi connectivity index (χ2n) is 7.59. The molecule has 0 bridgehead atoms. The predicted octanol–water partition coefficient (Wildman–Crippen LogP) is 4.10. The highest BCUT2D eigenvalue weighted by molar-refractivity contribution is 5.68. The maximum atomic E-state index is 9.66. The van der Waals surface area contributed by atoms with Crippen LogP contribution in [-0.2, 0) is 4.74 Å². The van der Waals surface area contributed by atoms with Crippen LogP contribution in [0.3, 0.4) is 0 Å². The van der Waals surface area contributed by atoms with Gasteiger partial charge in [-0.15, -0.1) is 0 Å². The summed E-state index contributed by atoms with van der Waals surface area (Å²) >= 11 is 0. The highest BCUT2D eigenvalue weighted by Crippen LogP contribution is 2.28. The fourth-order valence-electron chi connectivity index (χ4n) is 3.64. The van der Waals surface area contributed by atoms with Gasteiger partial charge in [-0.05, 0) is 30.3 Å². The molecule has 3 aromatic heterocycles. The van der Waals surface area contributed by atoms with Crippen LogP contribution in [0.5, 0.6) is 5.75 Å². The van der Waals surface area contributed by atoms with Gasteiger partial charge in [0.1, 0.15) is 17.9 Å². The van der Waals surface area contributed by atoms with Crippen LogP contribution in [0.15, 0.2) is 61.3 Å². The van der Waals surface area contributed by atoms with Gasteiger partial charge in [0.05, 0.1) is 42.6 Å². The maximum absolute atomic E-state index is 9.66. The van der Waals surface area contributed by atoms with Crippen molar-refractivity contribution in [2.45, 2.75) is 18.9 Å². The van der Waals surface area contributed by atoms with E-state index in [1.54, 1.807) is 43.1 Å². The van der Waals surface area contributed by atoms with Gasteiger partial charge in [0.2, 0.25) is 5.95 Å². The van der Waals surface area contributed by atoms with Gasteiger partial charge < -0.3 is 14.8 Å². The summed E-state index contributed by atoms with van der Waals surface area (Å²) in [6.07, 6.45) is 10.4. The zero-order chi connectivity index (χ0) is 22.5. The summed E-state index contributed by atoms with van der Waals surface area (Å²) in [6.45, 7) is 1.36. The molecule has 0 atom stereocenters. The van der Waals surface area contributed by atoms with Gasteiger partial charge in [0, 0.05) is 48.1 Å². The molecule has 4 aromatic rings. The topological polar surface area (TPSA) is 122 Å². The lowest BCUT2D eigenvalue weighted by atomic mass is 10.1. The van der Waals surface area contributed by atoms with Crippen LogP contribution in [0.25, 0.3) is 22.4 Å². The number of nitrogens with one attached hydrogen (secondary N) is 2. The lowest BCUT2D eigenvalue weighted by Crippen LogP contribution is -2.26. The highest BCUT2D eigenvalue weighted by atomic mass is 16.5. The fraction of sp³-hybridized carbons (Fsp3) is 0.208. The zero-order valence-electron chi connectivity index (χ0n) is 17.7. The molecule has 0 saturated carbocycles. The van der Waals surface area contributed by atoms with E-state index in [1.165, 1.54) is 0 Å². The summed E-state index contributed by atoms with van der Waals surface area (Å²) < 4.78 is 11.4. The smallest absolute Gasteiger partial charge is 0.227 e. The minimum atomic E-state index is 0.0676. The van der Waals surface area contributed by atoms with Gasteiger partial charge >= 0.3 is 0 Å². The Hall–Kier alpha value is -4.29. The van der Waals surface area contributed by atoms with Crippen LogP contribution in [0, 0.1) is 11.3 Å². The van der Waals surface area contributed by atoms with Crippen molar-refractivity contribution < 1.29 is 9.47 Å². The van der Waals surface area contributed by atoms with Gasteiger partial charge in [-0.2, -0.15) is 10.4 Å². The van der Waals surface area contributed by atoms with Crippen LogP contribution in [-0.4, -0.2) is 44.5 Å². The van der Waals surface area contributed by atoms with E-state index in [2.05, 4.69) is 36.5 Å². The van der Waals surface area contributed by atoms with Crippen molar-refractivity contribution in [1.29, 1.82) is 5.26 Å². The number of nitrogens with zero attached hydrogens (tertiary/aromatic N) is 5. The molecule has 0 amide bonds. The quantitative estimate of drug-likeness (QED) is 0.460. The largest absolute Gasteiger partial charge is 0.489 e. The van der Waals surface area contributed by atoms with Crippen molar-refractivity contribution in [3.05, 3.63) is 66.9 Å². The number of benzene rings is 1. The van der Waals surface area contributed by atoms with Gasteiger partial charge in [-0.3, -0.25) is 10.1 Å². The molecule has 1 aromatic carbocycles. The Labute approximate surface area is 190 Å². The molecule has 0 radical (unpaired) electrons. The normalized spacial score (nSPS) is 13.9. The molecule has 33 heavy (non-hydrogen) atoms. The van der Waals surface area contributed by atoms with E-state index in [1.807, 2.05) is 18.2 Å². The highest BCUT2D eigenvalue weighted by Gasteiger charge is 2.17. The second-order valence-corrected chi connectivity index (χ2v) is 7.59.